The van der Waals surface area contributed by atoms with Gasteiger partial charge in [-0.2, -0.15) is 0 Å². The second-order valence-electron chi connectivity index (χ2n) is 6.20. The van der Waals surface area contributed by atoms with Crippen molar-refractivity contribution >= 4 is 0 Å². The summed E-state index contributed by atoms with van der Waals surface area (Å²) in [6.45, 7) is 11.7. The molecule has 0 aromatic carbocycles. The van der Waals surface area contributed by atoms with Crippen LogP contribution in [0.4, 0.5) is 0 Å². The fraction of sp³-hybridized carbons (Fsp3) is 1.00. The fourth-order valence-corrected chi connectivity index (χ4v) is 3.19. The van der Waals surface area contributed by atoms with Crippen molar-refractivity contribution in [2.45, 2.75) is 52.9 Å². The van der Waals surface area contributed by atoms with E-state index >= 15 is 0 Å². The lowest BCUT2D eigenvalue weighted by atomic mass is 9.70. The lowest BCUT2D eigenvalue weighted by molar-refractivity contribution is 0.0995. The summed E-state index contributed by atoms with van der Waals surface area (Å²) in [5, 5.41) is 3.59. The van der Waals surface area contributed by atoms with Crippen LogP contribution in [0.5, 0.6) is 0 Å². The van der Waals surface area contributed by atoms with Crippen molar-refractivity contribution in [3.8, 4) is 0 Å². The van der Waals surface area contributed by atoms with Crippen LogP contribution in [-0.2, 0) is 0 Å². The van der Waals surface area contributed by atoms with Gasteiger partial charge < -0.3 is 10.2 Å². The number of hydrogen-bond donors (Lipinski definition) is 1. The SMILES string of the molecule is CCCN(C)CC1(CNCC)CCC(C)CC1. The van der Waals surface area contributed by atoms with E-state index in [0.29, 0.717) is 5.41 Å². The third-order valence-electron chi connectivity index (χ3n) is 4.30. The third kappa shape index (κ3) is 4.97. The van der Waals surface area contributed by atoms with Crippen LogP contribution in [0.25, 0.3) is 0 Å². The van der Waals surface area contributed by atoms with Gasteiger partial charge in [-0.1, -0.05) is 33.6 Å². The Hall–Kier alpha value is -0.0800. The first-order chi connectivity index (χ1) is 8.12. The van der Waals surface area contributed by atoms with Gasteiger partial charge in [0.05, 0.1) is 0 Å². The Morgan fingerprint density at radius 2 is 1.88 bits per heavy atom. The molecule has 1 N–H and O–H groups in total. The van der Waals surface area contributed by atoms with Crippen molar-refractivity contribution in [2.24, 2.45) is 11.3 Å². The van der Waals surface area contributed by atoms with E-state index in [2.05, 4.69) is 38.0 Å². The van der Waals surface area contributed by atoms with Crippen LogP contribution in [0, 0.1) is 11.3 Å². The van der Waals surface area contributed by atoms with Gasteiger partial charge in [0.1, 0.15) is 0 Å². The second-order valence-corrected chi connectivity index (χ2v) is 6.20. The van der Waals surface area contributed by atoms with E-state index in [4.69, 9.17) is 0 Å². The molecule has 1 saturated carbocycles. The van der Waals surface area contributed by atoms with Crippen LogP contribution in [0.1, 0.15) is 52.9 Å². The van der Waals surface area contributed by atoms with E-state index in [0.717, 1.165) is 12.5 Å². The highest BCUT2D eigenvalue weighted by molar-refractivity contribution is 4.88. The molecule has 102 valence electrons. The highest BCUT2D eigenvalue weighted by Crippen LogP contribution is 2.39. The number of rotatable bonds is 7. The van der Waals surface area contributed by atoms with Crippen LogP contribution < -0.4 is 5.32 Å². The van der Waals surface area contributed by atoms with E-state index in [1.807, 2.05) is 0 Å². The fourth-order valence-electron chi connectivity index (χ4n) is 3.19. The molecule has 0 aromatic rings. The average molecular weight is 240 g/mol. The Morgan fingerprint density at radius 3 is 2.41 bits per heavy atom. The summed E-state index contributed by atoms with van der Waals surface area (Å²) in [5.41, 5.74) is 0.548. The lowest BCUT2D eigenvalue weighted by Gasteiger charge is -2.42. The maximum Gasteiger partial charge on any atom is 0.00471 e. The number of hydrogen-bond acceptors (Lipinski definition) is 2. The summed E-state index contributed by atoms with van der Waals surface area (Å²) in [6, 6.07) is 0. The molecular formula is C15H32N2. The maximum atomic E-state index is 3.59. The second kappa shape index (κ2) is 7.38. The molecule has 1 aliphatic rings. The summed E-state index contributed by atoms with van der Waals surface area (Å²) in [7, 11) is 2.29. The Bertz CT molecular complexity index is 190. The molecule has 0 heterocycles. The molecule has 0 saturated heterocycles. The molecule has 2 nitrogen and oxygen atoms in total. The summed E-state index contributed by atoms with van der Waals surface area (Å²) in [4.78, 5) is 2.54. The third-order valence-corrected chi connectivity index (χ3v) is 4.30. The molecule has 0 atom stereocenters. The first-order valence-electron chi connectivity index (χ1n) is 7.51. The van der Waals surface area contributed by atoms with E-state index in [1.165, 1.54) is 51.7 Å². The van der Waals surface area contributed by atoms with Crippen LogP contribution in [-0.4, -0.2) is 38.1 Å². The largest absolute Gasteiger partial charge is 0.316 e. The van der Waals surface area contributed by atoms with Gasteiger partial charge in [0.2, 0.25) is 0 Å². The van der Waals surface area contributed by atoms with Gasteiger partial charge in [-0.15, -0.1) is 0 Å². The molecule has 2 heteroatoms. The van der Waals surface area contributed by atoms with Crippen molar-refractivity contribution in [1.82, 2.24) is 10.2 Å². The van der Waals surface area contributed by atoms with Gasteiger partial charge in [0, 0.05) is 13.1 Å². The molecule has 1 rings (SSSR count). The number of nitrogens with one attached hydrogen (secondary N) is 1. The van der Waals surface area contributed by atoms with Crippen molar-refractivity contribution in [3.63, 3.8) is 0 Å². The summed E-state index contributed by atoms with van der Waals surface area (Å²) < 4.78 is 0. The topological polar surface area (TPSA) is 15.3 Å². The average Bonchev–Trinajstić information content (AvgIpc) is 2.31. The Labute approximate surface area is 108 Å². The predicted molar refractivity (Wildman–Crippen MR) is 76.4 cm³/mol. The minimum Gasteiger partial charge on any atom is -0.316 e. The van der Waals surface area contributed by atoms with Gasteiger partial charge in [-0.25, -0.2) is 0 Å². The highest BCUT2D eigenvalue weighted by Gasteiger charge is 2.34. The van der Waals surface area contributed by atoms with Crippen LogP contribution >= 0.6 is 0 Å². The van der Waals surface area contributed by atoms with E-state index < -0.39 is 0 Å². The van der Waals surface area contributed by atoms with Crippen molar-refractivity contribution in [1.29, 1.82) is 0 Å². The Morgan fingerprint density at radius 1 is 1.24 bits per heavy atom. The minimum absolute atomic E-state index is 0.548. The molecule has 0 amide bonds. The minimum atomic E-state index is 0.548. The zero-order valence-electron chi connectivity index (χ0n) is 12.4. The molecule has 17 heavy (non-hydrogen) atoms. The van der Waals surface area contributed by atoms with Gasteiger partial charge >= 0.3 is 0 Å². The normalized spacial score (nSPS) is 29.8. The maximum absolute atomic E-state index is 3.59. The quantitative estimate of drug-likeness (QED) is 0.735. The van der Waals surface area contributed by atoms with Gasteiger partial charge in [0.15, 0.2) is 0 Å². The molecule has 0 bridgehead atoms. The van der Waals surface area contributed by atoms with E-state index in [1.54, 1.807) is 0 Å². The molecule has 1 aliphatic carbocycles. The predicted octanol–water partition coefficient (Wildman–Crippen LogP) is 3.13. The molecule has 0 aliphatic heterocycles. The zero-order chi connectivity index (χ0) is 12.7. The molecular weight excluding hydrogens is 208 g/mol. The zero-order valence-corrected chi connectivity index (χ0v) is 12.4. The highest BCUT2D eigenvalue weighted by atomic mass is 15.1. The smallest absolute Gasteiger partial charge is 0.00471 e. The summed E-state index contributed by atoms with van der Waals surface area (Å²) >= 11 is 0. The number of nitrogens with zero attached hydrogens (tertiary/aromatic N) is 1. The van der Waals surface area contributed by atoms with Crippen LogP contribution in [0.15, 0.2) is 0 Å². The van der Waals surface area contributed by atoms with Gasteiger partial charge in [-0.3, -0.25) is 0 Å². The van der Waals surface area contributed by atoms with Crippen molar-refractivity contribution < 1.29 is 0 Å². The van der Waals surface area contributed by atoms with Gasteiger partial charge in [0.25, 0.3) is 0 Å². The molecule has 0 radical (unpaired) electrons. The lowest BCUT2D eigenvalue weighted by Crippen LogP contribution is -2.45. The standard InChI is InChI=1S/C15H32N2/c1-5-11-17(4)13-15(12-16-6-2)9-7-14(3)8-10-15/h14,16H,5-13H2,1-4H3. The summed E-state index contributed by atoms with van der Waals surface area (Å²) in [5.74, 6) is 0.946. The molecule has 0 unspecified atom stereocenters. The van der Waals surface area contributed by atoms with Crippen LogP contribution in [0.3, 0.4) is 0 Å². The first kappa shape index (κ1) is 15.0. The molecule has 0 spiro atoms. The van der Waals surface area contributed by atoms with Crippen molar-refractivity contribution in [3.05, 3.63) is 0 Å². The monoisotopic (exact) mass is 240 g/mol. The van der Waals surface area contributed by atoms with E-state index in [9.17, 15) is 0 Å². The van der Waals surface area contributed by atoms with Crippen LogP contribution in [0.2, 0.25) is 0 Å². The summed E-state index contributed by atoms with van der Waals surface area (Å²) in [6.07, 6.45) is 6.94. The Balaban J connectivity index is 2.52. The molecule has 1 fully saturated rings. The molecule has 0 aromatic heterocycles. The van der Waals surface area contributed by atoms with Crippen molar-refractivity contribution in [2.75, 3.05) is 33.2 Å². The van der Waals surface area contributed by atoms with Gasteiger partial charge in [-0.05, 0) is 50.7 Å². The first-order valence-corrected chi connectivity index (χ1v) is 7.51. The van der Waals surface area contributed by atoms with E-state index in [-0.39, 0.29) is 0 Å². The Kier molecular flexibility index (Phi) is 6.50.